The lowest BCUT2D eigenvalue weighted by atomic mass is 10.1. The summed E-state index contributed by atoms with van der Waals surface area (Å²) < 4.78 is 0.690. The lowest BCUT2D eigenvalue weighted by Crippen LogP contribution is -1.85. The molecule has 1 aromatic heterocycles. The third-order valence-electron chi connectivity index (χ3n) is 2.27. The number of benzene rings is 1. The molecule has 3 N–H and O–H groups in total. The minimum Gasteiger partial charge on any atom is -0.507 e. The summed E-state index contributed by atoms with van der Waals surface area (Å²) in [5.74, 6) is -0.725. The van der Waals surface area contributed by atoms with Crippen molar-refractivity contribution in [2.75, 3.05) is 0 Å². The molecule has 2 rings (SSSR count). The highest BCUT2D eigenvalue weighted by Gasteiger charge is 2.16. The van der Waals surface area contributed by atoms with Gasteiger partial charge in [0.2, 0.25) is 0 Å². The molecule has 2 aromatic rings. The summed E-state index contributed by atoms with van der Waals surface area (Å²) in [6.07, 6.45) is 1.48. The Kier molecular flexibility index (Phi) is 2.19. The van der Waals surface area contributed by atoms with Gasteiger partial charge in [-0.2, -0.15) is 0 Å². The second-order valence-corrected chi connectivity index (χ2v) is 4.14. The first kappa shape index (κ1) is 10.0. The van der Waals surface area contributed by atoms with E-state index in [1.807, 2.05) is 0 Å². The minimum absolute atomic E-state index is 0.0749. The average Bonchev–Trinajstić information content (AvgIpc) is 2.23. The zero-order chi connectivity index (χ0) is 11.2. The first-order valence-electron chi connectivity index (χ1n) is 4.21. The van der Waals surface area contributed by atoms with Crippen molar-refractivity contribution in [2.45, 2.75) is 6.92 Å². The molecule has 78 valence electrons. The smallest absolute Gasteiger partial charge is 0.184 e. The molecule has 4 nitrogen and oxygen atoms in total. The summed E-state index contributed by atoms with van der Waals surface area (Å²) in [4.78, 5) is 3.93. The summed E-state index contributed by atoms with van der Waals surface area (Å²) >= 11 is 3.22. The SMILES string of the molecule is Cc1c(O)c(O)c2ncc(Br)cc2c1O. The molecule has 0 aliphatic rings. The Bertz CT molecular complexity index is 554. The molecular formula is C10H8BrNO3. The number of nitrogens with zero attached hydrogens (tertiary/aromatic N) is 1. The van der Waals surface area contributed by atoms with E-state index in [2.05, 4.69) is 20.9 Å². The maximum absolute atomic E-state index is 9.76. The van der Waals surface area contributed by atoms with Crippen LogP contribution in [0.2, 0.25) is 0 Å². The molecule has 1 heterocycles. The molecular weight excluding hydrogens is 262 g/mol. The van der Waals surface area contributed by atoms with Gasteiger partial charge in [0.05, 0.1) is 0 Å². The Morgan fingerprint density at radius 1 is 1.13 bits per heavy atom. The lowest BCUT2D eigenvalue weighted by Gasteiger charge is -2.09. The van der Waals surface area contributed by atoms with Gasteiger partial charge in [-0.05, 0) is 28.9 Å². The van der Waals surface area contributed by atoms with Crippen molar-refractivity contribution in [1.82, 2.24) is 4.98 Å². The summed E-state index contributed by atoms with van der Waals surface area (Å²) in [5, 5.41) is 29.3. The van der Waals surface area contributed by atoms with Crippen LogP contribution in [0.3, 0.4) is 0 Å². The second-order valence-electron chi connectivity index (χ2n) is 3.22. The third-order valence-corrected chi connectivity index (χ3v) is 2.70. The summed E-state index contributed by atoms with van der Waals surface area (Å²) in [6, 6.07) is 1.63. The second kappa shape index (κ2) is 3.27. The van der Waals surface area contributed by atoms with E-state index in [0.717, 1.165) is 0 Å². The third kappa shape index (κ3) is 1.39. The van der Waals surface area contributed by atoms with E-state index in [0.29, 0.717) is 9.86 Å². The highest BCUT2D eigenvalue weighted by molar-refractivity contribution is 9.10. The Hall–Kier alpha value is -1.49. The van der Waals surface area contributed by atoms with Crippen LogP contribution in [0.4, 0.5) is 0 Å². The van der Waals surface area contributed by atoms with Crippen molar-refractivity contribution in [3.8, 4) is 17.2 Å². The molecule has 0 amide bonds. The topological polar surface area (TPSA) is 73.6 Å². The molecule has 15 heavy (non-hydrogen) atoms. The van der Waals surface area contributed by atoms with Crippen molar-refractivity contribution >= 4 is 26.8 Å². The number of rotatable bonds is 0. The minimum atomic E-state index is -0.338. The molecule has 0 radical (unpaired) electrons. The summed E-state index contributed by atoms with van der Waals surface area (Å²) in [7, 11) is 0. The van der Waals surface area contributed by atoms with E-state index in [9.17, 15) is 15.3 Å². The van der Waals surface area contributed by atoms with Crippen LogP contribution in [0.25, 0.3) is 10.9 Å². The average molecular weight is 270 g/mol. The Labute approximate surface area is 93.9 Å². The lowest BCUT2D eigenvalue weighted by molar-refractivity contribution is 0.397. The molecule has 0 aliphatic heterocycles. The zero-order valence-electron chi connectivity index (χ0n) is 7.82. The largest absolute Gasteiger partial charge is 0.507 e. The van der Waals surface area contributed by atoms with Crippen LogP contribution in [0, 0.1) is 6.92 Å². The zero-order valence-corrected chi connectivity index (χ0v) is 9.41. The predicted octanol–water partition coefficient (Wildman–Crippen LogP) is 2.42. The standard InChI is InChI=1S/C10H8BrNO3/c1-4-8(13)6-2-5(11)3-12-7(6)10(15)9(4)14/h2-3,13-15H,1H3. The number of pyridine rings is 1. The maximum atomic E-state index is 9.76. The van der Waals surface area contributed by atoms with Crippen molar-refractivity contribution < 1.29 is 15.3 Å². The molecule has 1 aromatic carbocycles. The highest BCUT2D eigenvalue weighted by Crippen LogP contribution is 2.42. The van der Waals surface area contributed by atoms with E-state index < -0.39 is 0 Å². The fourth-order valence-corrected chi connectivity index (χ4v) is 1.74. The van der Waals surface area contributed by atoms with Gasteiger partial charge in [-0.25, -0.2) is 0 Å². The predicted molar refractivity (Wildman–Crippen MR) is 59.2 cm³/mol. The van der Waals surface area contributed by atoms with E-state index >= 15 is 0 Å². The highest BCUT2D eigenvalue weighted by atomic mass is 79.9. The fraction of sp³-hybridized carbons (Fsp3) is 0.100. The molecule has 0 spiro atoms. The molecule has 0 bridgehead atoms. The van der Waals surface area contributed by atoms with Crippen molar-refractivity contribution in [1.29, 1.82) is 0 Å². The van der Waals surface area contributed by atoms with E-state index in [1.54, 1.807) is 6.07 Å². The van der Waals surface area contributed by atoms with Gasteiger partial charge in [-0.15, -0.1) is 0 Å². The number of halogens is 1. The van der Waals surface area contributed by atoms with Crippen LogP contribution in [0.15, 0.2) is 16.7 Å². The number of fused-ring (bicyclic) bond motifs is 1. The molecule has 0 fully saturated rings. The van der Waals surface area contributed by atoms with E-state index in [-0.39, 0.29) is 28.3 Å². The number of phenolic OH excluding ortho intramolecular Hbond substituents is 3. The molecule has 0 unspecified atom stereocenters. The van der Waals surface area contributed by atoms with E-state index in [4.69, 9.17) is 0 Å². The van der Waals surface area contributed by atoms with Gasteiger partial charge in [0.15, 0.2) is 11.5 Å². The normalized spacial score (nSPS) is 10.8. The van der Waals surface area contributed by atoms with Crippen LogP contribution in [-0.2, 0) is 0 Å². The quantitative estimate of drug-likeness (QED) is 0.507. The number of phenols is 3. The maximum Gasteiger partial charge on any atom is 0.184 e. The van der Waals surface area contributed by atoms with Gasteiger partial charge in [-0.1, -0.05) is 0 Å². The van der Waals surface area contributed by atoms with Crippen LogP contribution in [0.5, 0.6) is 17.2 Å². The first-order valence-corrected chi connectivity index (χ1v) is 5.00. The van der Waals surface area contributed by atoms with Crippen molar-refractivity contribution in [3.05, 3.63) is 22.3 Å². The molecule has 5 heteroatoms. The molecule has 0 atom stereocenters. The number of hydrogen-bond donors (Lipinski definition) is 3. The molecule has 0 saturated heterocycles. The molecule has 0 saturated carbocycles. The molecule has 0 aliphatic carbocycles. The number of aromatic nitrogens is 1. The Morgan fingerprint density at radius 2 is 1.80 bits per heavy atom. The summed E-state index contributed by atoms with van der Waals surface area (Å²) in [5.41, 5.74) is 0.415. The van der Waals surface area contributed by atoms with Crippen LogP contribution < -0.4 is 0 Å². The number of aromatic hydroxyl groups is 3. The van der Waals surface area contributed by atoms with Crippen molar-refractivity contribution in [3.63, 3.8) is 0 Å². The van der Waals surface area contributed by atoms with Gasteiger partial charge in [0.1, 0.15) is 11.3 Å². The Balaban J connectivity index is 3.00. The van der Waals surface area contributed by atoms with Crippen LogP contribution in [-0.4, -0.2) is 20.3 Å². The van der Waals surface area contributed by atoms with Crippen LogP contribution in [0.1, 0.15) is 5.56 Å². The first-order chi connectivity index (χ1) is 7.02. The van der Waals surface area contributed by atoms with Gasteiger partial charge in [-0.3, -0.25) is 4.98 Å². The van der Waals surface area contributed by atoms with E-state index in [1.165, 1.54) is 13.1 Å². The van der Waals surface area contributed by atoms with Crippen LogP contribution >= 0.6 is 15.9 Å². The monoisotopic (exact) mass is 269 g/mol. The Morgan fingerprint density at radius 3 is 2.47 bits per heavy atom. The van der Waals surface area contributed by atoms with Gasteiger partial charge in [0.25, 0.3) is 0 Å². The summed E-state index contributed by atoms with van der Waals surface area (Å²) in [6.45, 7) is 1.52. The van der Waals surface area contributed by atoms with Gasteiger partial charge in [0, 0.05) is 21.6 Å². The number of hydrogen-bond acceptors (Lipinski definition) is 4. The fourth-order valence-electron chi connectivity index (χ4n) is 1.41. The van der Waals surface area contributed by atoms with Crippen molar-refractivity contribution in [2.24, 2.45) is 0 Å². The van der Waals surface area contributed by atoms with Gasteiger partial charge >= 0.3 is 0 Å². The van der Waals surface area contributed by atoms with Gasteiger partial charge < -0.3 is 15.3 Å².